The molecule has 5 heteroatoms. The van der Waals surface area contributed by atoms with Crippen LogP contribution in [0, 0.1) is 24.7 Å². The van der Waals surface area contributed by atoms with Gasteiger partial charge in [0.1, 0.15) is 0 Å². The molecule has 1 aromatic rings. The molecule has 0 radical (unpaired) electrons. The largest absolute Gasteiger partial charge is 0.345 e. The van der Waals surface area contributed by atoms with Crippen LogP contribution in [0.4, 0.5) is 5.69 Å². The number of amides is 2. The number of nitrogens with two attached hydrogens (primary N) is 1. The van der Waals surface area contributed by atoms with Gasteiger partial charge in [0.15, 0.2) is 0 Å². The van der Waals surface area contributed by atoms with Crippen molar-refractivity contribution in [2.75, 3.05) is 19.4 Å². The van der Waals surface area contributed by atoms with Gasteiger partial charge >= 0.3 is 0 Å². The van der Waals surface area contributed by atoms with Gasteiger partial charge in [-0.1, -0.05) is 12.5 Å². The first-order chi connectivity index (χ1) is 11.9. The molecule has 0 heterocycles. The molecule has 2 unspecified atom stereocenters. The van der Waals surface area contributed by atoms with E-state index in [1.165, 1.54) is 6.42 Å². The molecular weight excluding hydrogens is 314 g/mol. The highest BCUT2D eigenvalue weighted by molar-refractivity contribution is 5.98. The number of rotatable bonds is 3. The average molecular weight is 343 g/mol. The van der Waals surface area contributed by atoms with Gasteiger partial charge in [0.05, 0.1) is 0 Å². The Balaban J connectivity index is 1.73. The number of carbonyl (C=O) groups is 2. The van der Waals surface area contributed by atoms with Crippen molar-refractivity contribution in [1.29, 1.82) is 0 Å². The fourth-order valence-electron chi connectivity index (χ4n) is 4.39. The second kappa shape index (κ2) is 7.16. The molecule has 25 heavy (non-hydrogen) atoms. The second-order valence-corrected chi connectivity index (χ2v) is 7.92. The zero-order valence-electron chi connectivity index (χ0n) is 15.4. The molecule has 0 saturated heterocycles. The zero-order chi connectivity index (χ0) is 18.1. The average Bonchev–Trinajstić information content (AvgIpc) is 2.55. The highest BCUT2D eigenvalue weighted by Crippen LogP contribution is 2.42. The minimum atomic E-state index is -0.0614. The number of benzene rings is 1. The molecule has 2 aliphatic rings. The van der Waals surface area contributed by atoms with Crippen LogP contribution in [0.3, 0.4) is 0 Å². The van der Waals surface area contributed by atoms with Crippen LogP contribution in [0.25, 0.3) is 0 Å². The third-order valence-corrected chi connectivity index (χ3v) is 5.93. The fraction of sp³-hybridized carbons (Fsp3) is 0.600. The lowest BCUT2D eigenvalue weighted by Crippen LogP contribution is -2.48. The molecule has 0 aromatic heterocycles. The van der Waals surface area contributed by atoms with E-state index in [9.17, 15) is 9.59 Å². The zero-order valence-corrected chi connectivity index (χ0v) is 15.4. The standard InChI is InChI=1S/C20H29N3O2/c1-12-7-8-15(20(25)23(2)3)11-17(12)22-19(24)16-9-13-5-4-6-14(10-16)18(13)21/h7-8,11,13-14,16,18H,4-6,9-10,21H2,1-3H3,(H,22,24). The maximum absolute atomic E-state index is 12.8. The second-order valence-electron chi connectivity index (χ2n) is 7.92. The van der Waals surface area contributed by atoms with Crippen LogP contribution < -0.4 is 11.1 Å². The first kappa shape index (κ1) is 17.9. The molecule has 2 aliphatic carbocycles. The summed E-state index contributed by atoms with van der Waals surface area (Å²) in [5.74, 6) is 0.995. The van der Waals surface area contributed by atoms with E-state index in [2.05, 4.69) is 5.32 Å². The van der Waals surface area contributed by atoms with Crippen molar-refractivity contribution in [1.82, 2.24) is 4.90 Å². The van der Waals surface area contributed by atoms with Gasteiger partial charge in [-0.2, -0.15) is 0 Å². The molecule has 1 aromatic carbocycles. The molecule has 2 saturated carbocycles. The van der Waals surface area contributed by atoms with Crippen molar-refractivity contribution in [2.45, 2.75) is 45.1 Å². The molecule has 5 nitrogen and oxygen atoms in total. The minimum absolute atomic E-state index is 0.0303. The predicted molar refractivity (Wildman–Crippen MR) is 99.4 cm³/mol. The molecule has 2 atom stereocenters. The number of hydrogen-bond donors (Lipinski definition) is 2. The van der Waals surface area contributed by atoms with Gasteiger partial charge in [-0.15, -0.1) is 0 Å². The molecule has 2 bridgehead atoms. The summed E-state index contributed by atoms with van der Waals surface area (Å²) in [4.78, 5) is 26.5. The summed E-state index contributed by atoms with van der Waals surface area (Å²) in [6.07, 6.45) is 5.31. The Morgan fingerprint density at radius 1 is 1.16 bits per heavy atom. The van der Waals surface area contributed by atoms with Crippen molar-refractivity contribution >= 4 is 17.5 Å². The van der Waals surface area contributed by atoms with Gasteiger partial charge in [-0.25, -0.2) is 0 Å². The number of carbonyl (C=O) groups excluding carboxylic acids is 2. The summed E-state index contributed by atoms with van der Waals surface area (Å²) in [7, 11) is 3.45. The van der Waals surface area contributed by atoms with E-state index >= 15 is 0 Å². The third kappa shape index (κ3) is 3.71. The molecule has 0 aliphatic heterocycles. The minimum Gasteiger partial charge on any atom is -0.345 e. The quantitative estimate of drug-likeness (QED) is 0.886. The van der Waals surface area contributed by atoms with E-state index in [0.29, 0.717) is 17.4 Å². The number of nitrogens with zero attached hydrogens (tertiary/aromatic N) is 1. The molecule has 2 fully saturated rings. The lowest BCUT2D eigenvalue weighted by Gasteiger charge is -2.43. The van der Waals surface area contributed by atoms with Crippen LogP contribution in [-0.2, 0) is 4.79 Å². The normalized spacial score (nSPS) is 28.3. The van der Waals surface area contributed by atoms with Crippen LogP contribution in [0.1, 0.15) is 48.0 Å². The fourth-order valence-corrected chi connectivity index (χ4v) is 4.39. The number of anilines is 1. The molecule has 0 spiro atoms. The van der Waals surface area contributed by atoms with Crippen molar-refractivity contribution in [3.63, 3.8) is 0 Å². The molecule has 2 amide bonds. The topological polar surface area (TPSA) is 75.4 Å². The predicted octanol–water partition coefficient (Wildman–Crippen LogP) is 2.79. The van der Waals surface area contributed by atoms with Crippen molar-refractivity contribution in [3.8, 4) is 0 Å². The van der Waals surface area contributed by atoms with E-state index < -0.39 is 0 Å². The Morgan fingerprint density at radius 3 is 2.40 bits per heavy atom. The van der Waals surface area contributed by atoms with Crippen LogP contribution in [0.2, 0.25) is 0 Å². The molecule has 136 valence electrons. The Morgan fingerprint density at radius 2 is 1.80 bits per heavy atom. The van der Waals surface area contributed by atoms with E-state index in [0.717, 1.165) is 36.9 Å². The number of hydrogen-bond acceptors (Lipinski definition) is 3. The summed E-state index contributed by atoms with van der Waals surface area (Å²) in [6.45, 7) is 1.95. The third-order valence-electron chi connectivity index (χ3n) is 5.93. The SMILES string of the molecule is Cc1ccc(C(=O)N(C)C)cc1NC(=O)C1CC2CCCC(C1)C2N. The van der Waals surface area contributed by atoms with Crippen LogP contribution in [0.15, 0.2) is 18.2 Å². The Labute approximate surface area is 150 Å². The summed E-state index contributed by atoms with van der Waals surface area (Å²) >= 11 is 0. The van der Waals surface area contributed by atoms with Crippen molar-refractivity contribution in [2.24, 2.45) is 23.5 Å². The van der Waals surface area contributed by atoms with E-state index in [1.807, 2.05) is 13.0 Å². The monoisotopic (exact) mass is 343 g/mol. The summed E-state index contributed by atoms with van der Waals surface area (Å²) in [5, 5.41) is 3.07. The van der Waals surface area contributed by atoms with Gasteiger partial charge in [-0.05, 0) is 62.1 Å². The number of fused-ring (bicyclic) bond motifs is 2. The molecule has 3 N–H and O–H groups in total. The van der Waals surface area contributed by atoms with Crippen molar-refractivity contribution < 1.29 is 9.59 Å². The van der Waals surface area contributed by atoms with Crippen LogP contribution >= 0.6 is 0 Å². The van der Waals surface area contributed by atoms with Gasteiger partial charge in [0.2, 0.25) is 5.91 Å². The first-order valence-corrected chi connectivity index (χ1v) is 9.25. The lowest BCUT2D eigenvalue weighted by molar-refractivity contribution is -0.122. The Hall–Kier alpha value is -1.88. The highest BCUT2D eigenvalue weighted by atomic mass is 16.2. The number of aryl methyl sites for hydroxylation is 1. The maximum Gasteiger partial charge on any atom is 0.253 e. The summed E-state index contributed by atoms with van der Waals surface area (Å²) < 4.78 is 0. The van der Waals surface area contributed by atoms with Gasteiger partial charge in [-0.3, -0.25) is 9.59 Å². The Kier molecular flexibility index (Phi) is 5.13. The smallest absolute Gasteiger partial charge is 0.253 e. The number of nitrogens with one attached hydrogen (secondary N) is 1. The molecular formula is C20H29N3O2. The highest BCUT2D eigenvalue weighted by Gasteiger charge is 2.40. The summed E-state index contributed by atoms with van der Waals surface area (Å²) in [6, 6.07) is 5.74. The maximum atomic E-state index is 12.8. The first-order valence-electron chi connectivity index (χ1n) is 9.25. The van der Waals surface area contributed by atoms with Crippen LogP contribution in [-0.4, -0.2) is 36.9 Å². The summed E-state index contributed by atoms with van der Waals surface area (Å²) in [5.41, 5.74) is 8.62. The van der Waals surface area contributed by atoms with E-state index in [1.54, 1.807) is 31.1 Å². The van der Waals surface area contributed by atoms with E-state index in [-0.39, 0.29) is 23.8 Å². The Bertz CT molecular complexity index is 657. The van der Waals surface area contributed by atoms with Crippen LogP contribution in [0.5, 0.6) is 0 Å². The van der Waals surface area contributed by atoms with Gasteiger partial charge in [0, 0.05) is 37.3 Å². The molecule has 3 rings (SSSR count). The van der Waals surface area contributed by atoms with Crippen molar-refractivity contribution in [3.05, 3.63) is 29.3 Å². The lowest BCUT2D eigenvalue weighted by atomic mass is 9.65. The van der Waals surface area contributed by atoms with Gasteiger partial charge in [0.25, 0.3) is 5.91 Å². The van der Waals surface area contributed by atoms with Gasteiger partial charge < -0.3 is 16.0 Å². The van der Waals surface area contributed by atoms with E-state index in [4.69, 9.17) is 5.73 Å².